The summed E-state index contributed by atoms with van der Waals surface area (Å²) in [7, 11) is 1.68. The van der Waals surface area contributed by atoms with E-state index in [1.807, 2.05) is 19.1 Å². The molecule has 16 heavy (non-hydrogen) atoms. The molecule has 1 atom stereocenters. The van der Waals surface area contributed by atoms with Crippen LogP contribution in [0.1, 0.15) is 44.7 Å². The number of hydrogen-bond acceptors (Lipinski definition) is 2. The van der Waals surface area contributed by atoms with Gasteiger partial charge in [0, 0.05) is 0 Å². The minimum Gasteiger partial charge on any atom is -0.496 e. The van der Waals surface area contributed by atoms with Gasteiger partial charge in [-0.15, -0.1) is 0 Å². The summed E-state index contributed by atoms with van der Waals surface area (Å²) < 4.78 is 5.36. The molecule has 0 amide bonds. The molecule has 0 heterocycles. The van der Waals surface area contributed by atoms with Crippen molar-refractivity contribution in [3.8, 4) is 11.8 Å². The van der Waals surface area contributed by atoms with Gasteiger partial charge in [-0.2, -0.15) is 5.26 Å². The summed E-state index contributed by atoms with van der Waals surface area (Å²) in [5.41, 5.74) is 2.22. The van der Waals surface area contributed by atoms with Gasteiger partial charge in [-0.3, -0.25) is 0 Å². The predicted molar refractivity (Wildman–Crippen MR) is 65.7 cm³/mol. The number of hydrogen-bond donors (Lipinski definition) is 0. The van der Waals surface area contributed by atoms with Crippen molar-refractivity contribution in [2.75, 3.05) is 7.11 Å². The second-order valence-corrected chi connectivity index (χ2v) is 5.06. The molecule has 0 saturated heterocycles. The third-order valence-corrected chi connectivity index (χ3v) is 2.73. The Balaban J connectivity index is 3.28. The van der Waals surface area contributed by atoms with Gasteiger partial charge in [-0.1, -0.05) is 32.9 Å². The van der Waals surface area contributed by atoms with Crippen molar-refractivity contribution in [3.63, 3.8) is 0 Å². The molecular weight excluding hydrogens is 198 g/mol. The van der Waals surface area contributed by atoms with E-state index in [-0.39, 0.29) is 11.3 Å². The van der Waals surface area contributed by atoms with E-state index in [4.69, 9.17) is 10.00 Å². The van der Waals surface area contributed by atoms with Crippen LogP contribution in [0.25, 0.3) is 0 Å². The highest BCUT2D eigenvalue weighted by molar-refractivity contribution is 5.43. The largest absolute Gasteiger partial charge is 0.496 e. The average Bonchev–Trinajstić information content (AvgIpc) is 2.26. The van der Waals surface area contributed by atoms with Crippen molar-refractivity contribution in [3.05, 3.63) is 29.3 Å². The molecule has 2 heteroatoms. The van der Waals surface area contributed by atoms with Crippen LogP contribution in [-0.4, -0.2) is 7.11 Å². The van der Waals surface area contributed by atoms with Crippen LogP contribution in [-0.2, 0) is 5.41 Å². The molecule has 0 spiro atoms. The van der Waals surface area contributed by atoms with Gasteiger partial charge in [-0.25, -0.2) is 0 Å². The Bertz CT molecular complexity index is 410. The molecule has 1 rings (SSSR count). The van der Waals surface area contributed by atoms with Crippen molar-refractivity contribution in [2.24, 2.45) is 0 Å². The molecule has 0 aliphatic heterocycles. The highest BCUT2D eigenvalue weighted by atomic mass is 16.5. The second-order valence-electron chi connectivity index (χ2n) is 5.06. The van der Waals surface area contributed by atoms with E-state index in [0.29, 0.717) is 0 Å². The topological polar surface area (TPSA) is 33.0 Å². The summed E-state index contributed by atoms with van der Waals surface area (Å²) in [4.78, 5) is 0. The summed E-state index contributed by atoms with van der Waals surface area (Å²) >= 11 is 0. The molecule has 0 bridgehead atoms. The van der Waals surface area contributed by atoms with Gasteiger partial charge in [0.2, 0.25) is 0 Å². The van der Waals surface area contributed by atoms with Crippen molar-refractivity contribution in [1.29, 1.82) is 5.26 Å². The van der Waals surface area contributed by atoms with Crippen molar-refractivity contribution >= 4 is 0 Å². The summed E-state index contributed by atoms with van der Waals surface area (Å²) in [5, 5.41) is 8.93. The highest BCUT2D eigenvalue weighted by Crippen LogP contribution is 2.33. The van der Waals surface area contributed by atoms with E-state index in [2.05, 4.69) is 32.9 Å². The number of rotatable bonds is 2. The molecule has 0 radical (unpaired) electrons. The van der Waals surface area contributed by atoms with Crippen molar-refractivity contribution in [1.82, 2.24) is 0 Å². The summed E-state index contributed by atoms with van der Waals surface area (Å²) in [6.45, 7) is 8.34. The van der Waals surface area contributed by atoms with Crippen LogP contribution in [0.3, 0.4) is 0 Å². The lowest BCUT2D eigenvalue weighted by atomic mass is 9.84. The normalized spacial score (nSPS) is 13.0. The van der Waals surface area contributed by atoms with E-state index in [1.54, 1.807) is 7.11 Å². The number of ether oxygens (including phenoxy) is 1. The zero-order valence-corrected chi connectivity index (χ0v) is 10.7. The average molecular weight is 217 g/mol. The number of benzene rings is 1. The SMILES string of the molecule is COc1ccc(C(C)C#N)cc1C(C)(C)C. The Morgan fingerprint density at radius 1 is 1.31 bits per heavy atom. The Kier molecular flexibility index (Phi) is 3.59. The lowest BCUT2D eigenvalue weighted by molar-refractivity contribution is 0.397. The van der Waals surface area contributed by atoms with Crippen LogP contribution in [0.4, 0.5) is 0 Å². The fourth-order valence-electron chi connectivity index (χ4n) is 1.66. The Morgan fingerprint density at radius 3 is 2.38 bits per heavy atom. The van der Waals surface area contributed by atoms with Crippen LogP contribution >= 0.6 is 0 Å². The Hall–Kier alpha value is -1.49. The zero-order valence-electron chi connectivity index (χ0n) is 10.7. The van der Waals surface area contributed by atoms with E-state index in [9.17, 15) is 0 Å². The maximum atomic E-state index is 8.93. The van der Waals surface area contributed by atoms with Gasteiger partial charge in [0.15, 0.2) is 0 Å². The van der Waals surface area contributed by atoms with Crippen LogP contribution in [0.5, 0.6) is 5.75 Å². The monoisotopic (exact) mass is 217 g/mol. The van der Waals surface area contributed by atoms with Crippen LogP contribution in [0.2, 0.25) is 0 Å². The van der Waals surface area contributed by atoms with Crippen LogP contribution in [0, 0.1) is 11.3 Å². The zero-order chi connectivity index (χ0) is 12.3. The minimum absolute atomic E-state index is 0.0243. The standard InChI is InChI=1S/C14H19NO/c1-10(9-15)11-6-7-13(16-5)12(8-11)14(2,3)4/h6-8,10H,1-5H3. The lowest BCUT2D eigenvalue weighted by Gasteiger charge is -2.23. The maximum absolute atomic E-state index is 8.93. The highest BCUT2D eigenvalue weighted by Gasteiger charge is 2.20. The van der Waals surface area contributed by atoms with E-state index < -0.39 is 0 Å². The minimum atomic E-state index is -0.0768. The first-order chi connectivity index (χ1) is 7.40. The molecule has 0 fully saturated rings. The molecular formula is C14H19NO. The smallest absolute Gasteiger partial charge is 0.122 e. The van der Waals surface area contributed by atoms with Gasteiger partial charge in [0.25, 0.3) is 0 Å². The van der Waals surface area contributed by atoms with Gasteiger partial charge in [0.05, 0.1) is 19.1 Å². The van der Waals surface area contributed by atoms with Crippen molar-refractivity contribution in [2.45, 2.75) is 39.0 Å². The molecule has 0 aliphatic carbocycles. The third kappa shape index (κ3) is 2.55. The molecule has 1 unspecified atom stereocenters. The van der Waals surface area contributed by atoms with Gasteiger partial charge in [0.1, 0.15) is 5.75 Å². The Morgan fingerprint density at radius 2 is 1.94 bits per heavy atom. The summed E-state index contributed by atoms with van der Waals surface area (Å²) in [5.74, 6) is 0.813. The van der Waals surface area contributed by atoms with Crippen LogP contribution < -0.4 is 4.74 Å². The van der Waals surface area contributed by atoms with E-state index >= 15 is 0 Å². The third-order valence-electron chi connectivity index (χ3n) is 2.73. The molecule has 0 aromatic heterocycles. The maximum Gasteiger partial charge on any atom is 0.122 e. The predicted octanol–water partition coefficient (Wildman–Crippen LogP) is 3.62. The fraction of sp³-hybridized carbons (Fsp3) is 0.500. The molecule has 1 aromatic rings. The Labute approximate surface area is 97.9 Å². The molecule has 1 aromatic carbocycles. The van der Waals surface area contributed by atoms with E-state index in [0.717, 1.165) is 16.9 Å². The van der Waals surface area contributed by atoms with Crippen molar-refractivity contribution < 1.29 is 4.74 Å². The first kappa shape index (κ1) is 12.6. The molecule has 0 aliphatic rings. The number of methoxy groups -OCH3 is 1. The molecule has 0 saturated carbocycles. The first-order valence-corrected chi connectivity index (χ1v) is 5.48. The molecule has 2 nitrogen and oxygen atoms in total. The van der Waals surface area contributed by atoms with Crippen LogP contribution in [0.15, 0.2) is 18.2 Å². The summed E-state index contributed by atoms with van der Waals surface area (Å²) in [6.07, 6.45) is 0. The number of nitriles is 1. The fourth-order valence-corrected chi connectivity index (χ4v) is 1.66. The van der Waals surface area contributed by atoms with E-state index in [1.165, 1.54) is 0 Å². The molecule has 86 valence electrons. The second kappa shape index (κ2) is 4.57. The van der Waals surface area contributed by atoms with Gasteiger partial charge < -0.3 is 4.74 Å². The summed E-state index contributed by atoms with van der Waals surface area (Å²) in [6, 6.07) is 8.24. The first-order valence-electron chi connectivity index (χ1n) is 5.48. The lowest BCUT2D eigenvalue weighted by Crippen LogP contribution is -2.13. The van der Waals surface area contributed by atoms with Gasteiger partial charge >= 0.3 is 0 Å². The van der Waals surface area contributed by atoms with Gasteiger partial charge in [-0.05, 0) is 29.5 Å². The quantitative estimate of drug-likeness (QED) is 0.758. The number of nitrogens with zero attached hydrogens (tertiary/aromatic N) is 1. The molecule has 0 N–H and O–H groups in total.